The van der Waals surface area contributed by atoms with Crippen LogP contribution in [0.3, 0.4) is 0 Å². The fourth-order valence-electron chi connectivity index (χ4n) is 3.46. The third kappa shape index (κ3) is 2.07. The first-order valence-corrected chi connectivity index (χ1v) is 7.40. The van der Waals surface area contributed by atoms with Crippen LogP contribution in [0.25, 0.3) is 10.8 Å². The quantitative estimate of drug-likeness (QED) is 0.728. The molecule has 1 aliphatic carbocycles. The van der Waals surface area contributed by atoms with Crippen molar-refractivity contribution in [3.05, 3.63) is 60.7 Å². The van der Waals surface area contributed by atoms with Gasteiger partial charge in [-0.15, -0.1) is 6.58 Å². The van der Waals surface area contributed by atoms with Gasteiger partial charge in [-0.3, -0.25) is 4.79 Å². The number of rotatable bonds is 3. The molecule has 20 heavy (non-hydrogen) atoms. The predicted octanol–water partition coefficient (Wildman–Crippen LogP) is 4.80. The molecule has 0 spiro atoms. The average Bonchev–Trinajstić information content (AvgIpc) is 2.49. The molecule has 0 saturated heterocycles. The van der Waals surface area contributed by atoms with E-state index in [2.05, 4.69) is 43.0 Å². The fourth-order valence-corrected chi connectivity index (χ4v) is 3.46. The lowest BCUT2D eigenvalue weighted by molar-refractivity contribution is -0.126. The summed E-state index contributed by atoms with van der Waals surface area (Å²) in [5.74, 6) is 0.388. The molecule has 1 atom stereocenters. The van der Waals surface area contributed by atoms with Crippen molar-refractivity contribution in [3.8, 4) is 0 Å². The lowest BCUT2D eigenvalue weighted by Crippen LogP contribution is -2.38. The summed E-state index contributed by atoms with van der Waals surface area (Å²) >= 11 is 0. The highest BCUT2D eigenvalue weighted by Gasteiger charge is 2.40. The number of benzene rings is 2. The molecule has 1 nitrogen and oxygen atoms in total. The van der Waals surface area contributed by atoms with E-state index >= 15 is 0 Å². The summed E-state index contributed by atoms with van der Waals surface area (Å²) < 4.78 is 0. The van der Waals surface area contributed by atoms with E-state index in [-0.39, 0.29) is 5.41 Å². The maximum atomic E-state index is 12.6. The lowest BCUT2D eigenvalue weighted by Gasteiger charge is -2.35. The van der Waals surface area contributed by atoms with Crippen LogP contribution < -0.4 is 0 Å². The zero-order chi connectivity index (χ0) is 14.0. The smallest absolute Gasteiger partial charge is 0.143 e. The van der Waals surface area contributed by atoms with Gasteiger partial charge in [0.15, 0.2) is 0 Å². The second-order valence-electron chi connectivity index (χ2n) is 5.77. The summed E-state index contributed by atoms with van der Waals surface area (Å²) in [5, 5.41) is 2.44. The van der Waals surface area contributed by atoms with E-state index in [9.17, 15) is 4.79 Å². The van der Waals surface area contributed by atoms with Crippen LogP contribution in [0, 0.1) is 0 Å². The van der Waals surface area contributed by atoms with E-state index in [4.69, 9.17) is 0 Å². The van der Waals surface area contributed by atoms with Gasteiger partial charge in [0.1, 0.15) is 5.78 Å². The number of fused-ring (bicyclic) bond motifs is 1. The summed E-state index contributed by atoms with van der Waals surface area (Å²) in [6.07, 6.45) is 6.48. The van der Waals surface area contributed by atoms with Crippen molar-refractivity contribution in [1.82, 2.24) is 0 Å². The molecule has 0 N–H and O–H groups in total. The van der Waals surface area contributed by atoms with E-state index < -0.39 is 0 Å². The molecular weight excluding hydrogens is 244 g/mol. The minimum absolute atomic E-state index is 0.329. The lowest BCUT2D eigenvalue weighted by atomic mass is 9.66. The summed E-state index contributed by atoms with van der Waals surface area (Å²) in [6.45, 7) is 3.87. The van der Waals surface area contributed by atoms with Gasteiger partial charge in [-0.1, -0.05) is 55.0 Å². The Morgan fingerprint density at radius 2 is 1.90 bits per heavy atom. The SMILES string of the molecule is C=CCC1(c2ccc3ccccc3c2)CCCCC1=O. The number of hydrogen-bond acceptors (Lipinski definition) is 1. The molecule has 1 saturated carbocycles. The molecule has 0 radical (unpaired) electrons. The van der Waals surface area contributed by atoms with Crippen LogP contribution in [-0.4, -0.2) is 5.78 Å². The number of allylic oxidation sites excluding steroid dienone is 1. The molecule has 2 aromatic rings. The summed E-state index contributed by atoms with van der Waals surface area (Å²) in [4.78, 5) is 12.6. The fraction of sp³-hybridized carbons (Fsp3) is 0.316. The number of carbonyl (C=O) groups is 1. The molecule has 1 heteroatoms. The Hall–Kier alpha value is -1.89. The zero-order valence-electron chi connectivity index (χ0n) is 11.8. The van der Waals surface area contributed by atoms with Gasteiger partial charge in [-0.2, -0.15) is 0 Å². The molecule has 0 aromatic heterocycles. The Labute approximate surface area is 120 Å². The van der Waals surface area contributed by atoms with E-state index in [0.29, 0.717) is 12.2 Å². The topological polar surface area (TPSA) is 17.1 Å². The van der Waals surface area contributed by atoms with Crippen molar-refractivity contribution in [2.45, 2.75) is 37.5 Å². The first-order chi connectivity index (χ1) is 9.76. The van der Waals surface area contributed by atoms with Gasteiger partial charge in [0, 0.05) is 6.42 Å². The van der Waals surface area contributed by atoms with Crippen molar-refractivity contribution in [1.29, 1.82) is 0 Å². The van der Waals surface area contributed by atoms with Crippen LogP contribution in [0.5, 0.6) is 0 Å². The highest BCUT2D eigenvalue weighted by Crippen LogP contribution is 2.40. The molecule has 0 aliphatic heterocycles. The molecule has 1 aliphatic rings. The third-order valence-electron chi connectivity index (χ3n) is 4.59. The van der Waals surface area contributed by atoms with Gasteiger partial charge < -0.3 is 0 Å². The first kappa shape index (κ1) is 13.1. The van der Waals surface area contributed by atoms with Gasteiger partial charge in [0.25, 0.3) is 0 Å². The normalized spacial score (nSPS) is 22.9. The van der Waals surface area contributed by atoms with Crippen LogP contribution in [0.2, 0.25) is 0 Å². The number of carbonyl (C=O) groups excluding carboxylic acids is 1. The van der Waals surface area contributed by atoms with Crippen LogP contribution in [0.4, 0.5) is 0 Å². The number of Topliss-reactive ketones (excluding diaryl/α,β-unsaturated/α-hetero) is 1. The van der Waals surface area contributed by atoms with Gasteiger partial charge in [-0.05, 0) is 35.6 Å². The van der Waals surface area contributed by atoms with E-state index in [1.54, 1.807) is 0 Å². The average molecular weight is 264 g/mol. The Morgan fingerprint density at radius 3 is 2.65 bits per heavy atom. The van der Waals surface area contributed by atoms with Crippen LogP contribution in [-0.2, 0) is 10.2 Å². The molecular formula is C19H20O. The maximum Gasteiger partial charge on any atom is 0.143 e. The Kier molecular flexibility index (Phi) is 3.43. The summed E-state index contributed by atoms with van der Waals surface area (Å²) in [6, 6.07) is 14.8. The largest absolute Gasteiger partial charge is 0.299 e. The molecule has 0 bridgehead atoms. The molecule has 1 fully saturated rings. The van der Waals surface area contributed by atoms with E-state index in [1.165, 1.54) is 16.3 Å². The molecule has 0 heterocycles. The van der Waals surface area contributed by atoms with Crippen molar-refractivity contribution in [2.75, 3.05) is 0 Å². The van der Waals surface area contributed by atoms with Gasteiger partial charge in [0.2, 0.25) is 0 Å². The maximum absolute atomic E-state index is 12.6. The zero-order valence-corrected chi connectivity index (χ0v) is 11.8. The summed E-state index contributed by atoms with van der Waals surface area (Å²) in [5.41, 5.74) is 0.838. The van der Waals surface area contributed by atoms with E-state index in [0.717, 1.165) is 25.7 Å². The van der Waals surface area contributed by atoms with Crippen LogP contribution >= 0.6 is 0 Å². The minimum atomic E-state index is -0.329. The molecule has 102 valence electrons. The molecule has 2 aromatic carbocycles. The van der Waals surface area contributed by atoms with Crippen molar-refractivity contribution >= 4 is 16.6 Å². The number of hydrogen-bond donors (Lipinski definition) is 0. The second-order valence-corrected chi connectivity index (χ2v) is 5.77. The van der Waals surface area contributed by atoms with Gasteiger partial charge in [0.05, 0.1) is 5.41 Å². The summed E-state index contributed by atoms with van der Waals surface area (Å²) in [7, 11) is 0. The highest BCUT2D eigenvalue weighted by molar-refractivity contribution is 5.93. The second kappa shape index (κ2) is 5.24. The van der Waals surface area contributed by atoms with Crippen molar-refractivity contribution < 1.29 is 4.79 Å². The predicted molar refractivity (Wildman–Crippen MR) is 83.9 cm³/mol. The van der Waals surface area contributed by atoms with Crippen molar-refractivity contribution in [3.63, 3.8) is 0 Å². The standard InChI is InChI=1S/C19H20O/c1-2-12-19(13-6-5-9-18(19)20)17-11-10-15-7-3-4-8-16(15)14-17/h2-4,7-8,10-11,14H,1,5-6,9,12-13H2. The van der Waals surface area contributed by atoms with E-state index in [1.807, 2.05) is 12.1 Å². The Balaban J connectivity index is 2.13. The minimum Gasteiger partial charge on any atom is -0.299 e. The highest BCUT2D eigenvalue weighted by atomic mass is 16.1. The van der Waals surface area contributed by atoms with Gasteiger partial charge in [-0.25, -0.2) is 0 Å². The van der Waals surface area contributed by atoms with Gasteiger partial charge >= 0.3 is 0 Å². The monoisotopic (exact) mass is 264 g/mol. The van der Waals surface area contributed by atoms with Crippen LogP contribution in [0.1, 0.15) is 37.7 Å². The molecule has 3 rings (SSSR count). The molecule has 1 unspecified atom stereocenters. The Morgan fingerprint density at radius 1 is 1.10 bits per heavy atom. The van der Waals surface area contributed by atoms with Crippen LogP contribution in [0.15, 0.2) is 55.1 Å². The Bertz CT molecular complexity index is 656. The number of ketones is 1. The van der Waals surface area contributed by atoms with Crippen molar-refractivity contribution in [2.24, 2.45) is 0 Å². The third-order valence-corrected chi connectivity index (χ3v) is 4.59. The molecule has 0 amide bonds. The first-order valence-electron chi connectivity index (χ1n) is 7.40.